The number of allylic oxidation sites excluding steroid dienone is 4. The Hall–Kier alpha value is -5.60. The first-order valence-electron chi connectivity index (χ1n) is 16.4. The normalized spacial score (nSPS) is 15.0. The Balaban J connectivity index is 1.28. The lowest BCUT2D eigenvalue weighted by atomic mass is 9.72. The summed E-state index contributed by atoms with van der Waals surface area (Å²) in [6.07, 6.45) is 2.42. The van der Waals surface area contributed by atoms with Crippen LogP contribution in [0.1, 0.15) is 38.8 Å². The van der Waals surface area contributed by atoms with Crippen molar-refractivity contribution < 1.29 is 4.42 Å². The third-order valence-corrected chi connectivity index (χ3v) is 10.4. The lowest BCUT2D eigenvalue weighted by molar-refractivity contribution is 0.593. The number of hydrogen-bond donors (Lipinski definition) is 0. The van der Waals surface area contributed by atoms with Gasteiger partial charge in [-0.05, 0) is 99.3 Å². The van der Waals surface area contributed by atoms with E-state index in [9.17, 15) is 0 Å². The monoisotopic (exact) mass is 605 g/mol. The van der Waals surface area contributed by atoms with Crippen LogP contribution in [0.3, 0.4) is 0 Å². The highest BCUT2D eigenvalue weighted by atomic mass is 16.3. The molecule has 47 heavy (non-hydrogen) atoms. The molecule has 0 spiro atoms. The Bertz CT molecular complexity index is 2580. The van der Waals surface area contributed by atoms with Gasteiger partial charge in [0.15, 0.2) is 0 Å². The Morgan fingerprint density at radius 2 is 1.15 bits per heavy atom. The Labute approximate surface area is 274 Å². The summed E-state index contributed by atoms with van der Waals surface area (Å²) >= 11 is 0. The molecule has 9 rings (SSSR count). The van der Waals surface area contributed by atoms with Crippen LogP contribution in [-0.4, -0.2) is 0 Å². The molecule has 2 heterocycles. The molecule has 0 saturated carbocycles. The molecule has 0 atom stereocenters. The van der Waals surface area contributed by atoms with Crippen LogP contribution in [0.4, 0.5) is 11.4 Å². The largest absolute Gasteiger partial charge is 0.456 e. The van der Waals surface area contributed by atoms with Crippen molar-refractivity contribution in [2.75, 3.05) is 4.90 Å². The number of benzene rings is 7. The molecule has 1 aliphatic heterocycles. The maximum Gasteiger partial charge on any atom is 0.141 e. The average Bonchev–Trinajstić information content (AvgIpc) is 3.49. The molecule has 0 unspecified atom stereocenters. The quantitative estimate of drug-likeness (QED) is 0.186. The smallest absolute Gasteiger partial charge is 0.141 e. The fraction of sp³-hybridized carbons (Fsp3) is 0.111. The lowest BCUT2D eigenvalue weighted by Crippen LogP contribution is -2.33. The van der Waals surface area contributed by atoms with Crippen LogP contribution in [-0.2, 0) is 5.41 Å². The number of furan rings is 1. The van der Waals surface area contributed by atoms with Crippen molar-refractivity contribution in [3.05, 3.63) is 162 Å². The van der Waals surface area contributed by atoms with Crippen LogP contribution in [0.5, 0.6) is 0 Å². The summed E-state index contributed by atoms with van der Waals surface area (Å²) in [6.45, 7) is 9.22. The fourth-order valence-corrected chi connectivity index (χ4v) is 8.10. The van der Waals surface area contributed by atoms with E-state index in [1.807, 2.05) is 0 Å². The van der Waals surface area contributed by atoms with Gasteiger partial charge in [-0.15, -0.1) is 0 Å². The molecular weight excluding hydrogens is 571 g/mol. The molecule has 2 heteroatoms. The van der Waals surface area contributed by atoms with E-state index in [4.69, 9.17) is 4.42 Å². The molecular formula is C45H35NO. The maximum atomic E-state index is 6.70. The second-order valence-corrected chi connectivity index (χ2v) is 13.4. The maximum absolute atomic E-state index is 6.70. The standard InChI is InChI=1S/C45H35NO/c1-28(30-22-23-36-34-18-9-8-16-32(34)33-17-10-11-19-35(33)39(36)27-30)26-40-29(2)46(31-14-6-5-7-15-31)41-25-24-38-37-20-12-13-21-42(37)47-44(38)43(41)45(40,3)4/h5-27H,1-4H3/b28-26+. The van der Waals surface area contributed by atoms with Crippen LogP contribution in [0.2, 0.25) is 0 Å². The number of fused-ring (bicyclic) bond motifs is 11. The molecule has 0 aliphatic carbocycles. The Morgan fingerprint density at radius 1 is 0.596 bits per heavy atom. The average molecular weight is 606 g/mol. The van der Waals surface area contributed by atoms with Crippen LogP contribution in [0.15, 0.2) is 155 Å². The van der Waals surface area contributed by atoms with Crippen LogP contribution < -0.4 is 4.90 Å². The van der Waals surface area contributed by atoms with Gasteiger partial charge < -0.3 is 9.32 Å². The van der Waals surface area contributed by atoms with E-state index < -0.39 is 0 Å². The fourth-order valence-electron chi connectivity index (χ4n) is 8.10. The Kier molecular flexibility index (Phi) is 6.01. The van der Waals surface area contributed by atoms with Crippen molar-refractivity contribution in [1.82, 2.24) is 0 Å². The zero-order chi connectivity index (χ0) is 31.9. The second-order valence-electron chi connectivity index (χ2n) is 13.4. The summed E-state index contributed by atoms with van der Waals surface area (Å²) in [4.78, 5) is 2.41. The van der Waals surface area contributed by atoms with Crippen LogP contribution in [0.25, 0.3) is 59.8 Å². The first-order valence-corrected chi connectivity index (χ1v) is 16.4. The predicted octanol–water partition coefficient (Wildman–Crippen LogP) is 12.9. The van der Waals surface area contributed by atoms with Gasteiger partial charge in [-0.3, -0.25) is 0 Å². The summed E-state index contributed by atoms with van der Waals surface area (Å²) in [5, 5.41) is 10.1. The van der Waals surface area contributed by atoms with E-state index in [0.717, 1.165) is 27.6 Å². The van der Waals surface area contributed by atoms with Gasteiger partial charge in [0.2, 0.25) is 0 Å². The summed E-state index contributed by atoms with van der Waals surface area (Å²) in [6, 6.07) is 48.2. The summed E-state index contributed by atoms with van der Waals surface area (Å²) in [7, 11) is 0. The van der Waals surface area contributed by atoms with E-state index in [1.165, 1.54) is 66.0 Å². The molecule has 7 aromatic carbocycles. The highest BCUT2D eigenvalue weighted by Gasteiger charge is 2.39. The molecule has 0 bridgehead atoms. The zero-order valence-electron chi connectivity index (χ0n) is 27.1. The minimum absolute atomic E-state index is 0.320. The molecule has 1 aliphatic rings. The van der Waals surface area contributed by atoms with Crippen molar-refractivity contribution in [2.24, 2.45) is 0 Å². The van der Waals surface area contributed by atoms with Crippen molar-refractivity contribution in [3.8, 4) is 0 Å². The highest BCUT2D eigenvalue weighted by Crippen LogP contribution is 2.52. The van der Waals surface area contributed by atoms with Crippen molar-refractivity contribution in [1.29, 1.82) is 0 Å². The second kappa shape index (κ2) is 10.2. The molecule has 0 N–H and O–H groups in total. The summed E-state index contributed by atoms with van der Waals surface area (Å²) in [5.41, 5.74) is 10.1. The van der Waals surface area contributed by atoms with Crippen LogP contribution in [0, 0.1) is 0 Å². The van der Waals surface area contributed by atoms with Crippen molar-refractivity contribution in [2.45, 2.75) is 33.1 Å². The zero-order valence-corrected chi connectivity index (χ0v) is 27.1. The molecule has 0 amide bonds. The summed E-state index contributed by atoms with van der Waals surface area (Å²) < 4.78 is 6.70. The van der Waals surface area contributed by atoms with Crippen LogP contribution >= 0.6 is 0 Å². The number of nitrogens with zero attached hydrogens (tertiary/aromatic N) is 1. The lowest BCUT2D eigenvalue weighted by Gasteiger charge is -2.42. The highest BCUT2D eigenvalue weighted by molar-refractivity contribution is 6.25. The molecule has 0 radical (unpaired) electrons. The molecule has 8 aromatic rings. The first kappa shape index (κ1) is 27.7. The van der Waals surface area contributed by atoms with Gasteiger partial charge in [-0.2, -0.15) is 0 Å². The van der Waals surface area contributed by atoms with Crippen molar-refractivity contribution >= 4 is 71.2 Å². The SMILES string of the molecule is CC1=C(/C=C(\C)c2ccc3c4ccccc4c4ccccc4c3c2)C(C)(C)c2c(ccc3c2oc2ccccc23)N1c1ccccc1. The van der Waals surface area contributed by atoms with Gasteiger partial charge in [-0.25, -0.2) is 0 Å². The third-order valence-electron chi connectivity index (χ3n) is 10.4. The molecule has 226 valence electrons. The predicted molar refractivity (Wildman–Crippen MR) is 201 cm³/mol. The first-order chi connectivity index (χ1) is 22.9. The minimum atomic E-state index is -0.320. The van der Waals surface area contributed by atoms with Gasteiger partial charge in [0.1, 0.15) is 11.2 Å². The van der Waals surface area contributed by atoms with E-state index in [1.54, 1.807) is 0 Å². The summed E-state index contributed by atoms with van der Waals surface area (Å²) in [5.74, 6) is 0. The van der Waals surface area contributed by atoms with Gasteiger partial charge in [-0.1, -0.05) is 117 Å². The molecule has 0 fully saturated rings. The molecule has 1 aromatic heterocycles. The van der Waals surface area contributed by atoms with Gasteiger partial charge in [0.25, 0.3) is 0 Å². The van der Waals surface area contributed by atoms with E-state index in [0.29, 0.717) is 0 Å². The Morgan fingerprint density at radius 3 is 1.83 bits per heavy atom. The topological polar surface area (TPSA) is 16.4 Å². The van der Waals surface area contributed by atoms with E-state index in [-0.39, 0.29) is 5.41 Å². The number of hydrogen-bond acceptors (Lipinski definition) is 2. The molecule has 0 saturated heterocycles. The van der Waals surface area contributed by atoms with Gasteiger partial charge in [0, 0.05) is 33.1 Å². The minimum Gasteiger partial charge on any atom is -0.456 e. The van der Waals surface area contributed by atoms with Gasteiger partial charge in [0.05, 0.1) is 5.69 Å². The van der Waals surface area contributed by atoms with E-state index >= 15 is 0 Å². The van der Waals surface area contributed by atoms with Gasteiger partial charge >= 0.3 is 0 Å². The molecule has 2 nitrogen and oxygen atoms in total. The van der Waals surface area contributed by atoms with Crippen molar-refractivity contribution in [3.63, 3.8) is 0 Å². The number of anilines is 2. The third kappa shape index (κ3) is 4.04. The number of rotatable bonds is 3. The number of para-hydroxylation sites is 2. The van der Waals surface area contributed by atoms with E-state index in [2.05, 4.69) is 172 Å².